The minimum absolute atomic E-state index is 0.329. The van der Waals surface area contributed by atoms with Gasteiger partial charge >= 0.3 is 5.97 Å². The number of carbonyl (C=O) groups is 1. The zero-order chi connectivity index (χ0) is 16.8. The van der Waals surface area contributed by atoms with Crippen molar-refractivity contribution >= 4 is 39.6 Å². The van der Waals surface area contributed by atoms with Crippen LogP contribution in [0.15, 0.2) is 11.6 Å². The molecule has 1 aliphatic rings. The monoisotopic (exact) mass is 352 g/mol. The number of esters is 1. The molecule has 0 spiro atoms. The van der Waals surface area contributed by atoms with E-state index in [1.54, 1.807) is 0 Å². The number of hydrogen-bond donors (Lipinski definition) is 2. The van der Waals surface area contributed by atoms with Gasteiger partial charge in [-0.1, -0.05) is 11.6 Å². The molecule has 0 atom stereocenters. The maximum Gasteiger partial charge on any atom is 0.341 e. The number of thiocarbonyl (C=S) groups is 1. The fourth-order valence-electron chi connectivity index (χ4n) is 2.68. The highest BCUT2D eigenvalue weighted by Gasteiger charge is 2.20. The number of thiophene rings is 1. The standard InChI is InChI=1S/C17H24N2O2S2/c1-11-12(2)23-15(14(11)16(20)21-3)19-17(22)18-10-9-13-7-5-4-6-8-13/h7H,4-6,8-10H2,1-3H3,(H2,18,19,22). The van der Waals surface area contributed by atoms with Crippen LogP contribution >= 0.6 is 23.6 Å². The number of ether oxygens (including phenoxy) is 1. The summed E-state index contributed by atoms with van der Waals surface area (Å²) in [6.45, 7) is 4.73. The van der Waals surface area contributed by atoms with Crippen LogP contribution in [0.25, 0.3) is 0 Å². The molecule has 1 aromatic heterocycles. The molecule has 0 amide bonds. The molecule has 6 heteroatoms. The van der Waals surface area contributed by atoms with Gasteiger partial charge in [-0.25, -0.2) is 4.79 Å². The van der Waals surface area contributed by atoms with E-state index in [1.807, 2.05) is 13.8 Å². The van der Waals surface area contributed by atoms with Gasteiger partial charge in [0.25, 0.3) is 0 Å². The number of hydrogen-bond acceptors (Lipinski definition) is 4. The maximum atomic E-state index is 11.9. The van der Waals surface area contributed by atoms with E-state index in [2.05, 4.69) is 16.7 Å². The SMILES string of the molecule is COC(=O)c1c(NC(=S)NCCC2=CCCCC2)sc(C)c1C. The highest BCUT2D eigenvalue weighted by atomic mass is 32.1. The molecule has 0 aliphatic heterocycles. The van der Waals surface area contributed by atoms with Gasteiger partial charge in [-0.2, -0.15) is 0 Å². The highest BCUT2D eigenvalue weighted by molar-refractivity contribution is 7.80. The van der Waals surface area contributed by atoms with Gasteiger partial charge in [-0.3, -0.25) is 0 Å². The van der Waals surface area contributed by atoms with Crippen LogP contribution in [-0.4, -0.2) is 24.7 Å². The second-order valence-electron chi connectivity index (χ2n) is 5.72. The van der Waals surface area contributed by atoms with Gasteiger partial charge in [-0.05, 0) is 63.7 Å². The minimum atomic E-state index is -0.329. The normalized spacial score (nSPS) is 14.1. The Morgan fingerprint density at radius 1 is 1.39 bits per heavy atom. The van der Waals surface area contributed by atoms with Gasteiger partial charge in [0.05, 0.1) is 12.7 Å². The molecule has 2 rings (SSSR count). The Kier molecular flexibility index (Phi) is 6.59. The summed E-state index contributed by atoms with van der Waals surface area (Å²) < 4.78 is 4.87. The maximum absolute atomic E-state index is 11.9. The Labute approximate surface area is 147 Å². The molecule has 4 nitrogen and oxygen atoms in total. The Balaban J connectivity index is 1.91. The van der Waals surface area contributed by atoms with E-state index in [-0.39, 0.29) is 5.97 Å². The highest BCUT2D eigenvalue weighted by Crippen LogP contribution is 2.32. The fourth-order valence-corrected chi connectivity index (χ4v) is 4.00. The molecule has 0 unspecified atom stereocenters. The third-order valence-electron chi connectivity index (χ3n) is 4.12. The second-order valence-corrected chi connectivity index (χ2v) is 7.35. The van der Waals surface area contributed by atoms with Crippen molar-refractivity contribution in [2.24, 2.45) is 0 Å². The first-order valence-electron chi connectivity index (χ1n) is 7.94. The van der Waals surface area contributed by atoms with Crippen molar-refractivity contribution in [2.45, 2.75) is 46.0 Å². The Hall–Kier alpha value is -1.40. The third kappa shape index (κ3) is 4.78. The lowest BCUT2D eigenvalue weighted by molar-refractivity contribution is 0.0601. The second kappa shape index (κ2) is 8.45. The Morgan fingerprint density at radius 2 is 2.17 bits per heavy atom. The van der Waals surface area contributed by atoms with Crippen LogP contribution < -0.4 is 10.6 Å². The fraction of sp³-hybridized carbons (Fsp3) is 0.529. The van der Waals surface area contributed by atoms with Crippen molar-refractivity contribution in [3.8, 4) is 0 Å². The summed E-state index contributed by atoms with van der Waals surface area (Å²) in [5.74, 6) is -0.329. The van der Waals surface area contributed by atoms with Crippen LogP contribution in [0.5, 0.6) is 0 Å². The summed E-state index contributed by atoms with van der Waals surface area (Å²) in [4.78, 5) is 13.0. The minimum Gasteiger partial charge on any atom is -0.465 e. The van der Waals surface area contributed by atoms with Crippen molar-refractivity contribution in [1.29, 1.82) is 0 Å². The molecule has 0 aromatic carbocycles. The van der Waals surface area contributed by atoms with E-state index in [0.717, 1.165) is 28.4 Å². The summed E-state index contributed by atoms with van der Waals surface area (Å²) in [6.07, 6.45) is 8.39. The molecule has 0 saturated carbocycles. The largest absolute Gasteiger partial charge is 0.465 e. The van der Waals surface area contributed by atoms with Gasteiger partial charge in [0.2, 0.25) is 0 Å². The zero-order valence-corrected chi connectivity index (χ0v) is 15.6. The zero-order valence-electron chi connectivity index (χ0n) is 14.0. The summed E-state index contributed by atoms with van der Waals surface area (Å²) in [5.41, 5.74) is 3.04. The number of allylic oxidation sites excluding steroid dienone is 1. The van der Waals surface area contributed by atoms with Gasteiger partial charge in [0, 0.05) is 11.4 Å². The van der Waals surface area contributed by atoms with Crippen molar-refractivity contribution < 1.29 is 9.53 Å². The van der Waals surface area contributed by atoms with Crippen LogP contribution in [0, 0.1) is 13.8 Å². The lowest BCUT2D eigenvalue weighted by Crippen LogP contribution is -2.29. The predicted molar refractivity (Wildman–Crippen MR) is 101 cm³/mol. The van der Waals surface area contributed by atoms with E-state index in [4.69, 9.17) is 17.0 Å². The molecule has 0 saturated heterocycles. The van der Waals surface area contributed by atoms with Gasteiger partial charge in [0.15, 0.2) is 5.11 Å². The molecule has 1 heterocycles. The quantitative estimate of drug-likeness (QED) is 0.469. The van der Waals surface area contributed by atoms with E-state index in [0.29, 0.717) is 10.7 Å². The Bertz CT molecular complexity index is 620. The van der Waals surface area contributed by atoms with E-state index >= 15 is 0 Å². The molecule has 1 aliphatic carbocycles. The molecule has 0 radical (unpaired) electrons. The number of nitrogens with one attached hydrogen (secondary N) is 2. The molecule has 2 N–H and O–H groups in total. The average Bonchev–Trinajstić information content (AvgIpc) is 2.82. The number of anilines is 1. The van der Waals surface area contributed by atoms with Gasteiger partial charge in [-0.15, -0.1) is 11.3 Å². The van der Waals surface area contributed by atoms with Crippen molar-refractivity contribution in [1.82, 2.24) is 5.32 Å². The van der Waals surface area contributed by atoms with Crippen LogP contribution in [0.1, 0.15) is 52.9 Å². The number of methoxy groups -OCH3 is 1. The van der Waals surface area contributed by atoms with E-state index in [9.17, 15) is 4.79 Å². The number of carbonyl (C=O) groups excluding carboxylic acids is 1. The topological polar surface area (TPSA) is 50.4 Å². The summed E-state index contributed by atoms with van der Waals surface area (Å²) in [7, 11) is 1.40. The first-order valence-corrected chi connectivity index (χ1v) is 9.16. The summed E-state index contributed by atoms with van der Waals surface area (Å²) in [5, 5.41) is 7.67. The summed E-state index contributed by atoms with van der Waals surface area (Å²) >= 11 is 6.87. The first kappa shape index (κ1) is 17.9. The van der Waals surface area contributed by atoms with Gasteiger partial charge in [0.1, 0.15) is 5.00 Å². The molecule has 126 valence electrons. The van der Waals surface area contributed by atoms with Crippen LogP contribution in [-0.2, 0) is 4.74 Å². The van der Waals surface area contributed by atoms with Crippen molar-refractivity contribution in [3.05, 3.63) is 27.7 Å². The molecule has 0 fully saturated rings. The lowest BCUT2D eigenvalue weighted by Gasteiger charge is -2.14. The molecular weight excluding hydrogens is 328 g/mol. The third-order valence-corrected chi connectivity index (χ3v) is 5.49. The molecule has 1 aromatic rings. The predicted octanol–water partition coefficient (Wildman–Crippen LogP) is 4.33. The van der Waals surface area contributed by atoms with Crippen LogP contribution in [0.4, 0.5) is 5.00 Å². The first-order chi connectivity index (χ1) is 11.0. The smallest absolute Gasteiger partial charge is 0.341 e. The van der Waals surface area contributed by atoms with Crippen LogP contribution in [0.3, 0.4) is 0 Å². The van der Waals surface area contributed by atoms with E-state index in [1.165, 1.54) is 49.7 Å². The Morgan fingerprint density at radius 3 is 2.83 bits per heavy atom. The molecule has 23 heavy (non-hydrogen) atoms. The van der Waals surface area contributed by atoms with Crippen molar-refractivity contribution in [2.75, 3.05) is 19.0 Å². The lowest BCUT2D eigenvalue weighted by atomic mass is 9.97. The molecule has 0 bridgehead atoms. The van der Waals surface area contributed by atoms with Crippen molar-refractivity contribution in [3.63, 3.8) is 0 Å². The van der Waals surface area contributed by atoms with Crippen LogP contribution in [0.2, 0.25) is 0 Å². The average molecular weight is 353 g/mol. The summed E-state index contributed by atoms with van der Waals surface area (Å²) in [6, 6.07) is 0. The van der Waals surface area contributed by atoms with Gasteiger partial charge < -0.3 is 15.4 Å². The number of aryl methyl sites for hydroxylation is 1. The van der Waals surface area contributed by atoms with E-state index < -0.39 is 0 Å². The number of rotatable bonds is 5. The molecular formula is C17H24N2O2S2.